The van der Waals surface area contributed by atoms with Gasteiger partial charge in [0, 0.05) is 45.4 Å². The number of piperazine rings is 1. The number of amides is 2. The van der Waals surface area contributed by atoms with Crippen molar-refractivity contribution in [1.82, 2.24) is 14.7 Å². The summed E-state index contributed by atoms with van der Waals surface area (Å²) >= 11 is 0. The van der Waals surface area contributed by atoms with Crippen molar-refractivity contribution >= 4 is 23.1 Å². The molecule has 8 heteroatoms. The fourth-order valence-electron chi connectivity index (χ4n) is 3.22. The van der Waals surface area contributed by atoms with E-state index in [2.05, 4.69) is 11.8 Å². The smallest absolute Gasteiger partial charge is 0.277 e. The van der Waals surface area contributed by atoms with Crippen LogP contribution in [0, 0.1) is 10.1 Å². The van der Waals surface area contributed by atoms with E-state index < -0.39 is 4.92 Å². The van der Waals surface area contributed by atoms with Crippen LogP contribution in [0.4, 0.5) is 5.69 Å². The van der Waals surface area contributed by atoms with E-state index in [9.17, 15) is 19.7 Å². The summed E-state index contributed by atoms with van der Waals surface area (Å²) in [7, 11) is 1.46. The summed E-state index contributed by atoms with van der Waals surface area (Å²) in [5, 5.41) is 10.8. The second-order valence-corrected chi connectivity index (χ2v) is 6.12. The van der Waals surface area contributed by atoms with Crippen molar-refractivity contribution in [3.63, 3.8) is 0 Å². The predicted molar refractivity (Wildman–Crippen MR) is 91.5 cm³/mol. The Morgan fingerprint density at radius 1 is 1.04 bits per heavy atom. The number of likely N-dealkylation sites (N-methyl/N-ethyl adjacent to an activating group) is 2. The number of carbonyl (C=O) groups excluding carboxylic acids is 2. The van der Waals surface area contributed by atoms with E-state index in [1.54, 1.807) is 0 Å². The number of non-ortho nitro benzene ring substituents is 1. The second kappa shape index (κ2) is 6.64. The average Bonchev–Trinajstić information content (AvgIpc) is 2.86. The lowest BCUT2D eigenvalue weighted by Gasteiger charge is -2.35. The van der Waals surface area contributed by atoms with Crippen LogP contribution >= 0.6 is 0 Å². The van der Waals surface area contributed by atoms with Crippen LogP contribution in [-0.4, -0.2) is 71.2 Å². The van der Waals surface area contributed by atoms with Crippen LogP contribution in [0.1, 0.15) is 12.5 Å². The minimum absolute atomic E-state index is 0.0485. The molecule has 1 aromatic rings. The van der Waals surface area contributed by atoms with Gasteiger partial charge >= 0.3 is 0 Å². The number of nitro groups is 1. The number of hydrogen-bond donors (Lipinski definition) is 0. The molecule has 3 rings (SSSR count). The molecule has 2 aliphatic rings. The van der Waals surface area contributed by atoms with Gasteiger partial charge in [-0.05, 0) is 24.2 Å². The molecule has 0 unspecified atom stereocenters. The molecular weight excluding hydrogens is 324 g/mol. The number of rotatable bonds is 4. The first-order chi connectivity index (χ1) is 11.9. The second-order valence-electron chi connectivity index (χ2n) is 6.12. The average molecular weight is 344 g/mol. The predicted octanol–water partition coefficient (Wildman–Crippen LogP) is 0.942. The van der Waals surface area contributed by atoms with Gasteiger partial charge in [-0.3, -0.25) is 24.6 Å². The Morgan fingerprint density at radius 2 is 1.64 bits per heavy atom. The van der Waals surface area contributed by atoms with Gasteiger partial charge in [-0.1, -0.05) is 6.92 Å². The maximum atomic E-state index is 12.6. The van der Waals surface area contributed by atoms with E-state index in [1.165, 1.54) is 31.3 Å². The zero-order chi connectivity index (χ0) is 18.1. The molecule has 2 amide bonds. The summed E-state index contributed by atoms with van der Waals surface area (Å²) in [6, 6.07) is 5.76. The lowest BCUT2D eigenvalue weighted by molar-refractivity contribution is -0.384. The maximum Gasteiger partial charge on any atom is 0.277 e. The van der Waals surface area contributed by atoms with Crippen molar-refractivity contribution in [2.24, 2.45) is 0 Å². The molecule has 8 nitrogen and oxygen atoms in total. The van der Waals surface area contributed by atoms with Gasteiger partial charge in [-0.2, -0.15) is 0 Å². The van der Waals surface area contributed by atoms with Crippen LogP contribution in [0.15, 0.2) is 30.0 Å². The topological polar surface area (TPSA) is 87.0 Å². The van der Waals surface area contributed by atoms with Gasteiger partial charge in [0.15, 0.2) is 0 Å². The van der Waals surface area contributed by atoms with Crippen LogP contribution in [0.5, 0.6) is 0 Å². The van der Waals surface area contributed by atoms with Crippen LogP contribution in [0.2, 0.25) is 0 Å². The Balaban J connectivity index is 1.99. The Morgan fingerprint density at radius 3 is 2.16 bits per heavy atom. The van der Waals surface area contributed by atoms with Gasteiger partial charge in [-0.15, -0.1) is 0 Å². The molecule has 0 saturated carbocycles. The molecule has 25 heavy (non-hydrogen) atoms. The fraction of sp³-hybridized carbons (Fsp3) is 0.412. The first kappa shape index (κ1) is 17.1. The molecule has 1 saturated heterocycles. The number of imide groups is 1. The third kappa shape index (κ3) is 3.00. The van der Waals surface area contributed by atoms with Gasteiger partial charge in [0.1, 0.15) is 5.70 Å². The third-order valence-corrected chi connectivity index (χ3v) is 4.77. The van der Waals surface area contributed by atoms with E-state index in [0.29, 0.717) is 29.9 Å². The minimum Gasteiger partial charge on any atom is -0.364 e. The summed E-state index contributed by atoms with van der Waals surface area (Å²) in [6.45, 7) is 6.06. The number of benzene rings is 1. The van der Waals surface area contributed by atoms with Crippen LogP contribution in [0.25, 0.3) is 5.57 Å². The quantitative estimate of drug-likeness (QED) is 0.459. The third-order valence-electron chi connectivity index (χ3n) is 4.77. The van der Waals surface area contributed by atoms with E-state index in [4.69, 9.17) is 0 Å². The van der Waals surface area contributed by atoms with Gasteiger partial charge in [0.2, 0.25) is 0 Å². The zero-order valence-electron chi connectivity index (χ0n) is 14.3. The van der Waals surface area contributed by atoms with Crippen molar-refractivity contribution in [3.8, 4) is 0 Å². The molecule has 1 aromatic carbocycles. The molecule has 132 valence electrons. The van der Waals surface area contributed by atoms with Crippen LogP contribution < -0.4 is 0 Å². The lowest BCUT2D eigenvalue weighted by atomic mass is 10.0. The van der Waals surface area contributed by atoms with Crippen molar-refractivity contribution in [2.75, 3.05) is 39.8 Å². The Kier molecular flexibility index (Phi) is 4.54. The monoisotopic (exact) mass is 344 g/mol. The van der Waals surface area contributed by atoms with Gasteiger partial charge in [0.05, 0.1) is 10.5 Å². The number of nitrogens with zero attached hydrogens (tertiary/aromatic N) is 4. The highest BCUT2D eigenvalue weighted by atomic mass is 16.6. The fourth-order valence-corrected chi connectivity index (χ4v) is 3.22. The Bertz CT molecular complexity index is 748. The van der Waals surface area contributed by atoms with Crippen molar-refractivity contribution in [3.05, 3.63) is 45.6 Å². The molecule has 0 atom stereocenters. The first-order valence-corrected chi connectivity index (χ1v) is 8.22. The Hall–Kier alpha value is -2.74. The molecule has 0 spiro atoms. The summed E-state index contributed by atoms with van der Waals surface area (Å²) in [4.78, 5) is 40.9. The first-order valence-electron chi connectivity index (χ1n) is 8.22. The number of nitro benzene ring substituents is 1. The highest BCUT2D eigenvalue weighted by molar-refractivity contribution is 6.35. The normalized spacial score (nSPS) is 19.1. The van der Waals surface area contributed by atoms with Crippen molar-refractivity contribution < 1.29 is 14.5 Å². The summed E-state index contributed by atoms with van der Waals surface area (Å²) in [5.74, 6) is -0.685. The molecule has 0 aromatic heterocycles. The Labute approximate surface area is 145 Å². The van der Waals surface area contributed by atoms with Crippen LogP contribution in [0.3, 0.4) is 0 Å². The minimum atomic E-state index is -0.489. The molecule has 0 N–H and O–H groups in total. The van der Waals surface area contributed by atoms with E-state index in [-0.39, 0.29) is 17.5 Å². The standard InChI is InChI=1S/C17H20N4O4/c1-3-19-8-10-20(11-9-19)15-14(16(22)18(2)17(15)23)12-4-6-13(7-5-12)21(24)25/h4-7H,3,8-11H2,1-2H3. The lowest BCUT2D eigenvalue weighted by Crippen LogP contribution is -2.47. The van der Waals surface area contributed by atoms with E-state index >= 15 is 0 Å². The highest BCUT2D eigenvalue weighted by Gasteiger charge is 2.40. The summed E-state index contributed by atoms with van der Waals surface area (Å²) in [5.41, 5.74) is 1.21. The maximum absolute atomic E-state index is 12.6. The van der Waals surface area contributed by atoms with Gasteiger partial charge in [-0.25, -0.2) is 0 Å². The summed E-state index contributed by atoms with van der Waals surface area (Å²) in [6.07, 6.45) is 0. The van der Waals surface area contributed by atoms with Gasteiger partial charge in [0.25, 0.3) is 17.5 Å². The highest BCUT2D eigenvalue weighted by Crippen LogP contribution is 2.32. The van der Waals surface area contributed by atoms with Gasteiger partial charge < -0.3 is 9.80 Å². The van der Waals surface area contributed by atoms with Crippen molar-refractivity contribution in [2.45, 2.75) is 6.92 Å². The van der Waals surface area contributed by atoms with Crippen LogP contribution in [-0.2, 0) is 9.59 Å². The summed E-state index contributed by atoms with van der Waals surface area (Å²) < 4.78 is 0. The molecule has 0 aliphatic carbocycles. The molecule has 0 bridgehead atoms. The SMILES string of the molecule is CCN1CCN(C2=C(c3ccc([N+](=O)[O-])cc3)C(=O)N(C)C2=O)CC1. The van der Waals surface area contributed by atoms with E-state index in [0.717, 1.165) is 24.5 Å². The zero-order valence-corrected chi connectivity index (χ0v) is 14.3. The largest absolute Gasteiger partial charge is 0.364 e. The molecule has 1 fully saturated rings. The van der Waals surface area contributed by atoms with Crippen molar-refractivity contribution in [1.29, 1.82) is 0 Å². The molecule has 2 heterocycles. The molecule has 0 radical (unpaired) electrons. The number of hydrogen-bond acceptors (Lipinski definition) is 6. The molecule has 2 aliphatic heterocycles. The molecular formula is C17H20N4O4. The van der Waals surface area contributed by atoms with E-state index in [1.807, 2.05) is 4.90 Å². The number of carbonyl (C=O) groups is 2.